The molecule has 0 aromatic heterocycles. The van der Waals surface area contributed by atoms with Crippen LogP contribution in [0, 0.1) is 11.8 Å². The third-order valence-corrected chi connectivity index (χ3v) is 6.22. The van der Waals surface area contributed by atoms with E-state index in [0.717, 1.165) is 19.3 Å². The highest BCUT2D eigenvalue weighted by Crippen LogP contribution is 2.26. The van der Waals surface area contributed by atoms with Crippen LogP contribution < -0.4 is 5.32 Å². The minimum absolute atomic E-state index is 0. The van der Waals surface area contributed by atoms with Crippen LogP contribution in [-0.4, -0.2) is 56.3 Å². The van der Waals surface area contributed by atoms with Gasteiger partial charge in [-0.3, -0.25) is 0 Å². The fourth-order valence-electron chi connectivity index (χ4n) is 3.35. The van der Waals surface area contributed by atoms with Gasteiger partial charge in [0.15, 0.2) is 0 Å². The van der Waals surface area contributed by atoms with Crippen molar-refractivity contribution in [2.24, 2.45) is 11.8 Å². The smallest absolute Gasteiger partial charge is 0.282 e. The van der Waals surface area contributed by atoms with Gasteiger partial charge in [0, 0.05) is 32.2 Å². The SMILES string of the molecule is CNC1CCCN(S(=O)(=O)N2CC(C)CC(C)C2)C1.Cl. The van der Waals surface area contributed by atoms with Gasteiger partial charge in [0.25, 0.3) is 10.2 Å². The van der Waals surface area contributed by atoms with E-state index in [4.69, 9.17) is 0 Å². The van der Waals surface area contributed by atoms with Gasteiger partial charge in [-0.2, -0.15) is 17.0 Å². The summed E-state index contributed by atoms with van der Waals surface area (Å²) in [6, 6.07) is 0.295. The first-order valence-electron chi connectivity index (χ1n) is 7.36. The third kappa shape index (κ3) is 4.07. The van der Waals surface area contributed by atoms with Crippen LogP contribution in [0.3, 0.4) is 0 Å². The maximum Gasteiger partial charge on any atom is 0.282 e. The van der Waals surface area contributed by atoms with E-state index < -0.39 is 10.2 Å². The van der Waals surface area contributed by atoms with Crippen molar-refractivity contribution in [2.75, 3.05) is 33.2 Å². The molecule has 0 radical (unpaired) electrons. The zero-order chi connectivity index (χ0) is 14.0. The molecule has 7 heteroatoms. The van der Waals surface area contributed by atoms with Crippen LogP contribution in [-0.2, 0) is 10.2 Å². The van der Waals surface area contributed by atoms with Crippen molar-refractivity contribution in [3.63, 3.8) is 0 Å². The van der Waals surface area contributed by atoms with Gasteiger partial charge in [0.05, 0.1) is 0 Å². The Bertz CT molecular complexity index is 394. The molecule has 5 nitrogen and oxygen atoms in total. The first-order valence-corrected chi connectivity index (χ1v) is 8.75. The average molecular weight is 326 g/mol. The Morgan fingerprint density at radius 1 is 1.05 bits per heavy atom. The number of piperidine rings is 2. The molecule has 20 heavy (non-hydrogen) atoms. The van der Waals surface area contributed by atoms with E-state index in [1.807, 2.05) is 7.05 Å². The van der Waals surface area contributed by atoms with Crippen LogP contribution in [0.5, 0.6) is 0 Å². The van der Waals surface area contributed by atoms with E-state index in [-0.39, 0.29) is 12.4 Å². The topological polar surface area (TPSA) is 52.7 Å². The highest BCUT2D eigenvalue weighted by molar-refractivity contribution is 7.86. The highest BCUT2D eigenvalue weighted by Gasteiger charge is 2.36. The van der Waals surface area contributed by atoms with E-state index in [9.17, 15) is 8.42 Å². The largest absolute Gasteiger partial charge is 0.316 e. The maximum atomic E-state index is 12.7. The monoisotopic (exact) mass is 325 g/mol. The summed E-state index contributed by atoms with van der Waals surface area (Å²) in [5.74, 6) is 0.923. The lowest BCUT2D eigenvalue weighted by Crippen LogP contribution is -2.54. The van der Waals surface area contributed by atoms with Gasteiger partial charge in [0.2, 0.25) is 0 Å². The molecule has 1 N–H and O–H groups in total. The Morgan fingerprint density at radius 2 is 1.65 bits per heavy atom. The van der Waals surface area contributed by atoms with Gasteiger partial charge in [-0.1, -0.05) is 13.8 Å². The van der Waals surface area contributed by atoms with Crippen LogP contribution in [0.1, 0.15) is 33.1 Å². The van der Waals surface area contributed by atoms with Crippen molar-refractivity contribution in [3.8, 4) is 0 Å². The van der Waals surface area contributed by atoms with Crippen molar-refractivity contribution in [1.82, 2.24) is 13.9 Å². The third-order valence-electron chi connectivity index (χ3n) is 4.28. The summed E-state index contributed by atoms with van der Waals surface area (Å²) in [6.07, 6.45) is 3.14. The number of nitrogens with one attached hydrogen (secondary N) is 1. The maximum absolute atomic E-state index is 12.7. The molecule has 3 atom stereocenters. The minimum atomic E-state index is -3.27. The predicted molar refractivity (Wildman–Crippen MR) is 84.3 cm³/mol. The van der Waals surface area contributed by atoms with Gasteiger partial charge in [-0.25, -0.2) is 0 Å². The van der Waals surface area contributed by atoms with E-state index in [1.54, 1.807) is 8.61 Å². The normalized spacial score (nSPS) is 33.6. The van der Waals surface area contributed by atoms with Gasteiger partial charge < -0.3 is 5.32 Å². The molecule has 2 fully saturated rings. The molecule has 2 rings (SSSR count). The van der Waals surface area contributed by atoms with Crippen molar-refractivity contribution < 1.29 is 8.42 Å². The molecule has 2 aliphatic heterocycles. The molecule has 0 amide bonds. The molecule has 0 saturated carbocycles. The Kier molecular flexibility index (Phi) is 6.73. The number of nitrogens with zero attached hydrogens (tertiary/aromatic N) is 2. The predicted octanol–water partition coefficient (Wildman–Crippen LogP) is 1.31. The molecule has 0 spiro atoms. The number of hydrogen-bond acceptors (Lipinski definition) is 3. The van der Waals surface area contributed by atoms with Gasteiger partial charge in [0.1, 0.15) is 0 Å². The molecule has 120 valence electrons. The van der Waals surface area contributed by atoms with Crippen LogP contribution in [0.4, 0.5) is 0 Å². The summed E-state index contributed by atoms with van der Waals surface area (Å²) in [5, 5.41) is 3.20. The second-order valence-electron chi connectivity index (χ2n) is 6.26. The van der Waals surface area contributed by atoms with Crippen molar-refractivity contribution in [1.29, 1.82) is 0 Å². The van der Waals surface area contributed by atoms with Crippen LogP contribution in [0.25, 0.3) is 0 Å². The lowest BCUT2D eigenvalue weighted by molar-refractivity contribution is 0.199. The second kappa shape index (κ2) is 7.40. The molecular weight excluding hydrogens is 298 g/mol. The summed E-state index contributed by atoms with van der Waals surface area (Å²) < 4.78 is 28.8. The van der Waals surface area contributed by atoms with Crippen LogP contribution >= 0.6 is 12.4 Å². The first kappa shape index (κ1) is 18.2. The standard InChI is InChI=1S/C13H27N3O2S.ClH/c1-11-7-12(2)9-16(8-11)19(17,18)15-6-4-5-13(10-15)14-3;/h11-14H,4-10H2,1-3H3;1H. The zero-order valence-corrected chi connectivity index (χ0v) is 14.3. The second-order valence-corrected chi connectivity index (χ2v) is 8.19. The fourth-order valence-corrected chi connectivity index (χ4v) is 5.29. The minimum Gasteiger partial charge on any atom is -0.316 e. The van der Waals surface area contributed by atoms with Crippen molar-refractivity contribution >= 4 is 22.6 Å². The lowest BCUT2D eigenvalue weighted by Gasteiger charge is -2.39. The number of rotatable bonds is 3. The quantitative estimate of drug-likeness (QED) is 0.851. The van der Waals surface area contributed by atoms with Gasteiger partial charge >= 0.3 is 0 Å². The Labute approximate surface area is 129 Å². The number of hydrogen-bond donors (Lipinski definition) is 1. The molecule has 0 aliphatic carbocycles. The Morgan fingerprint density at radius 3 is 2.20 bits per heavy atom. The molecule has 0 aromatic rings. The molecule has 3 unspecified atom stereocenters. The fraction of sp³-hybridized carbons (Fsp3) is 1.00. The Hall–Kier alpha value is 0.120. The van der Waals surface area contributed by atoms with Gasteiger partial charge in [-0.15, -0.1) is 12.4 Å². The summed E-state index contributed by atoms with van der Waals surface area (Å²) in [7, 11) is -1.36. The summed E-state index contributed by atoms with van der Waals surface area (Å²) >= 11 is 0. The van der Waals surface area contributed by atoms with Crippen molar-refractivity contribution in [2.45, 2.75) is 39.2 Å². The molecule has 2 saturated heterocycles. The van der Waals surface area contributed by atoms with E-state index in [2.05, 4.69) is 19.2 Å². The molecule has 0 aromatic carbocycles. The van der Waals surface area contributed by atoms with Crippen LogP contribution in [0.15, 0.2) is 0 Å². The first-order chi connectivity index (χ1) is 8.93. The van der Waals surface area contributed by atoms with E-state index in [1.165, 1.54) is 0 Å². The Balaban J connectivity index is 0.00000200. The zero-order valence-electron chi connectivity index (χ0n) is 12.7. The number of halogens is 1. The van der Waals surface area contributed by atoms with Crippen LogP contribution in [0.2, 0.25) is 0 Å². The summed E-state index contributed by atoms with van der Waals surface area (Å²) in [4.78, 5) is 0. The summed E-state index contributed by atoms with van der Waals surface area (Å²) in [6.45, 7) is 6.91. The average Bonchev–Trinajstić information content (AvgIpc) is 2.37. The molecule has 2 aliphatic rings. The van der Waals surface area contributed by atoms with E-state index >= 15 is 0 Å². The highest BCUT2D eigenvalue weighted by atomic mass is 35.5. The molecule has 2 heterocycles. The summed E-state index contributed by atoms with van der Waals surface area (Å²) in [5.41, 5.74) is 0. The number of likely N-dealkylation sites (N-methyl/N-ethyl adjacent to an activating group) is 1. The molecule has 0 bridgehead atoms. The van der Waals surface area contributed by atoms with Crippen molar-refractivity contribution in [3.05, 3.63) is 0 Å². The molecular formula is C13H28ClN3O2S. The lowest BCUT2D eigenvalue weighted by atomic mass is 9.94. The van der Waals surface area contributed by atoms with Gasteiger partial charge in [-0.05, 0) is 38.1 Å². The van der Waals surface area contributed by atoms with E-state index in [0.29, 0.717) is 44.1 Å².